The third kappa shape index (κ3) is 5.32. The maximum absolute atomic E-state index is 12.3. The Bertz CT molecular complexity index is 840. The van der Waals surface area contributed by atoms with E-state index in [4.69, 9.17) is 18.9 Å². The SMILES string of the molecule is COc1cc2c(cc1OC)CN(CC(=O)NCCOc1ccccc1OC)CC2. The van der Waals surface area contributed by atoms with Gasteiger partial charge in [-0.1, -0.05) is 12.1 Å². The molecule has 1 aliphatic rings. The minimum absolute atomic E-state index is 0.0162. The molecule has 0 spiro atoms. The summed E-state index contributed by atoms with van der Waals surface area (Å²) in [7, 11) is 4.87. The zero-order chi connectivity index (χ0) is 20.6. The van der Waals surface area contributed by atoms with Crippen molar-refractivity contribution < 1.29 is 23.7 Å². The molecule has 1 heterocycles. The molecule has 0 aromatic heterocycles. The molecule has 0 unspecified atom stereocenters. The number of nitrogens with zero attached hydrogens (tertiary/aromatic N) is 1. The van der Waals surface area contributed by atoms with Gasteiger partial charge in [0.25, 0.3) is 0 Å². The van der Waals surface area contributed by atoms with Gasteiger partial charge in [-0.2, -0.15) is 0 Å². The third-order valence-corrected chi connectivity index (χ3v) is 4.92. The van der Waals surface area contributed by atoms with Crippen LogP contribution in [0.4, 0.5) is 0 Å². The Kier molecular flexibility index (Phi) is 7.19. The molecule has 2 aromatic carbocycles. The average molecular weight is 400 g/mol. The molecule has 7 heteroatoms. The van der Waals surface area contributed by atoms with Crippen molar-refractivity contribution in [3.05, 3.63) is 47.5 Å². The van der Waals surface area contributed by atoms with Crippen LogP contribution in [0.5, 0.6) is 23.0 Å². The first-order valence-electron chi connectivity index (χ1n) is 9.63. The van der Waals surface area contributed by atoms with E-state index in [1.807, 2.05) is 36.4 Å². The molecule has 0 saturated heterocycles. The highest BCUT2D eigenvalue weighted by molar-refractivity contribution is 5.78. The Labute approximate surface area is 171 Å². The minimum Gasteiger partial charge on any atom is -0.493 e. The first kappa shape index (κ1) is 20.8. The fraction of sp³-hybridized carbons (Fsp3) is 0.409. The second-order valence-electron chi connectivity index (χ2n) is 6.79. The molecule has 0 aliphatic carbocycles. The van der Waals surface area contributed by atoms with Gasteiger partial charge in [0, 0.05) is 13.1 Å². The lowest BCUT2D eigenvalue weighted by atomic mass is 9.99. The Morgan fingerprint density at radius 2 is 1.62 bits per heavy atom. The van der Waals surface area contributed by atoms with Gasteiger partial charge in [-0.3, -0.25) is 9.69 Å². The number of hydrogen-bond acceptors (Lipinski definition) is 6. The Morgan fingerprint density at radius 3 is 2.31 bits per heavy atom. The number of benzene rings is 2. The van der Waals surface area contributed by atoms with E-state index in [-0.39, 0.29) is 5.91 Å². The van der Waals surface area contributed by atoms with Crippen molar-refractivity contribution in [2.24, 2.45) is 0 Å². The van der Waals surface area contributed by atoms with E-state index in [9.17, 15) is 4.79 Å². The van der Waals surface area contributed by atoms with E-state index in [2.05, 4.69) is 10.2 Å². The molecular formula is C22H28N2O5. The maximum Gasteiger partial charge on any atom is 0.234 e. The molecule has 3 rings (SSSR count). The molecule has 1 N–H and O–H groups in total. The molecule has 1 aliphatic heterocycles. The predicted octanol–water partition coefficient (Wildman–Crippen LogP) is 2.27. The quantitative estimate of drug-likeness (QED) is 0.652. The van der Waals surface area contributed by atoms with Gasteiger partial charge in [-0.05, 0) is 41.8 Å². The van der Waals surface area contributed by atoms with Crippen molar-refractivity contribution in [1.82, 2.24) is 10.2 Å². The van der Waals surface area contributed by atoms with Crippen LogP contribution in [0.25, 0.3) is 0 Å². The van der Waals surface area contributed by atoms with Crippen LogP contribution in [0.2, 0.25) is 0 Å². The number of carbonyl (C=O) groups excluding carboxylic acids is 1. The van der Waals surface area contributed by atoms with Crippen LogP contribution < -0.4 is 24.3 Å². The van der Waals surface area contributed by atoms with E-state index in [0.29, 0.717) is 43.5 Å². The van der Waals surface area contributed by atoms with Crippen LogP contribution >= 0.6 is 0 Å². The predicted molar refractivity (Wildman–Crippen MR) is 110 cm³/mol. The van der Waals surface area contributed by atoms with E-state index < -0.39 is 0 Å². The number of amides is 1. The maximum atomic E-state index is 12.3. The van der Waals surface area contributed by atoms with Gasteiger partial charge in [0.05, 0.1) is 34.4 Å². The molecular weight excluding hydrogens is 372 g/mol. The lowest BCUT2D eigenvalue weighted by Crippen LogP contribution is -2.41. The van der Waals surface area contributed by atoms with Gasteiger partial charge in [0.2, 0.25) is 5.91 Å². The smallest absolute Gasteiger partial charge is 0.234 e. The van der Waals surface area contributed by atoms with Crippen LogP contribution in [0.3, 0.4) is 0 Å². The summed E-state index contributed by atoms with van der Waals surface area (Å²) >= 11 is 0. The summed E-state index contributed by atoms with van der Waals surface area (Å²) in [5.41, 5.74) is 2.41. The number of hydrogen-bond donors (Lipinski definition) is 1. The molecule has 156 valence electrons. The largest absolute Gasteiger partial charge is 0.493 e. The van der Waals surface area contributed by atoms with Crippen molar-refractivity contribution in [2.45, 2.75) is 13.0 Å². The van der Waals surface area contributed by atoms with E-state index in [1.54, 1.807) is 21.3 Å². The summed E-state index contributed by atoms with van der Waals surface area (Å²) in [6, 6.07) is 11.5. The first-order chi connectivity index (χ1) is 14.1. The van der Waals surface area contributed by atoms with Gasteiger partial charge < -0.3 is 24.3 Å². The summed E-state index contributed by atoms with van der Waals surface area (Å²) in [5, 5.41) is 2.91. The lowest BCUT2D eigenvalue weighted by Gasteiger charge is -2.29. The highest BCUT2D eigenvalue weighted by Gasteiger charge is 2.21. The zero-order valence-electron chi connectivity index (χ0n) is 17.2. The summed E-state index contributed by atoms with van der Waals surface area (Å²) in [5.74, 6) is 2.79. The van der Waals surface area contributed by atoms with Gasteiger partial charge >= 0.3 is 0 Å². The van der Waals surface area contributed by atoms with Gasteiger partial charge in [-0.15, -0.1) is 0 Å². The number of methoxy groups -OCH3 is 3. The summed E-state index contributed by atoms with van der Waals surface area (Å²) in [4.78, 5) is 14.4. The molecule has 29 heavy (non-hydrogen) atoms. The number of para-hydroxylation sites is 2. The lowest BCUT2D eigenvalue weighted by molar-refractivity contribution is -0.122. The van der Waals surface area contributed by atoms with Crippen molar-refractivity contribution in [3.8, 4) is 23.0 Å². The number of fused-ring (bicyclic) bond motifs is 1. The summed E-state index contributed by atoms with van der Waals surface area (Å²) < 4.78 is 21.7. The Hall–Kier alpha value is -2.93. The van der Waals surface area contributed by atoms with Crippen LogP contribution in [0.15, 0.2) is 36.4 Å². The fourth-order valence-corrected chi connectivity index (χ4v) is 3.43. The molecule has 0 saturated carbocycles. The molecule has 0 bridgehead atoms. The van der Waals surface area contributed by atoms with Crippen molar-refractivity contribution >= 4 is 5.91 Å². The Morgan fingerprint density at radius 1 is 0.966 bits per heavy atom. The highest BCUT2D eigenvalue weighted by atomic mass is 16.5. The first-order valence-corrected chi connectivity index (χ1v) is 9.63. The monoisotopic (exact) mass is 400 g/mol. The summed E-state index contributed by atoms with van der Waals surface area (Å²) in [6.07, 6.45) is 0.875. The van der Waals surface area contributed by atoms with E-state index in [0.717, 1.165) is 18.7 Å². The fourth-order valence-electron chi connectivity index (χ4n) is 3.43. The number of ether oxygens (including phenoxy) is 4. The van der Waals surface area contributed by atoms with E-state index in [1.165, 1.54) is 11.1 Å². The van der Waals surface area contributed by atoms with Crippen LogP contribution in [-0.2, 0) is 17.8 Å². The molecule has 2 aromatic rings. The van der Waals surface area contributed by atoms with Crippen molar-refractivity contribution in [2.75, 3.05) is 47.6 Å². The number of rotatable bonds is 9. The second kappa shape index (κ2) is 10.0. The van der Waals surface area contributed by atoms with Crippen LogP contribution in [0, 0.1) is 0 Å². The minimum atomic E-state index is -0.0162. The number of carbonyl (C=O) groups is 1. The molecule has 0 radical (unpaired) electrons. The van der Waals surface area contributed by atoms with E-state index >= 15 is 0 Å². The molecule has 7 nitrogen and oxygen atoms in total. The van der Waals surface area contributed by atoms with Gasteiger partial charge in [0.15, 0.2) is 23.0 Å². The average Bonchev–Trinajstić information content (AvgIpc) is 2.75. The van der Waals surface area contributed by atoms with Gasteiger partial charge in [-0.25, -0.2) is 0 Å². The van der Waals surface area contributed by atoms with Crippen molar-refractivity contribution in [1.29, 1.82) is 0 Å². The molecule has 1 amide bonds. The second-order valence-corrected chi connectivity index (χ2v) is 6.79. The zero-order valence-corrected chi connectivity index (χ0v) is 17.2. The topological polar surface area (TPSA) is 69.3 Å². The van der Waals surface area contributed by atoms with Gasteiger partial charge in [0.1, 0.15) is 6.61 Å². The third-order valence-electron chi connectivity index (χ3n) is 4.92. The standard InChI is InChI=1S/C22H28N2O5/c1-26-18-6-4-5-7-19(18)29-11-9-23-22(25)15-24-10-8-16-12-20(27-2)21(28-3)13-17(16)14-24/h4-7,12-13H,8-11,14-15H2,1-3H3,(H,23,25). The number of nitrogens with one attached hydrogen (secondary N) is 1. The summed E-state index contributed by atoms with van der Waals surface area (Å²) in [6.45, 7) is 2.70. The van der Waals surface area contributed by atoms with Crippen LogP contribution in [0.1, 0.15) is 11.1 Å². The molecule has 0 fully saturated rings. The van der Waals surface area contributed by atoms with Crippen molar-refractivity contribution in [3.63, 3.8) is 0 Å². The highest BCUT2D eigenvalue weighted by Crippen LogP contribution is 2.33. The molecule has 0 atom stereocenters. The van der Waals surface area contributed by atoms with Crippen LogP contribution in [-0.4, -0.2) is 58.4 Å². The normalized spacial score (nSPS) is 13.3. The Balaban J connectivity index is 1.46.